The van der Waals surface area contributed by atoms with E-state index in [9.17, 15) is 4.79 Å². The molecule has 5 nitrogen and oxygen atoms in total. The molecular formula is C24H25N3O2. The molecule has 3 heterocycles. The van der Waals surface area contributed by atoms with E-state index < -0.39 is 0 Å². The van der Waals surface area contributed by atoms with Gasteiger partial charge < -0.3 is 14.6 Å². The molecule has 2 aliphatic heterocycles. The van der Waals surface area contributed by atoms with Crippen LogP contribution < -0.4 is 9.64 Å². The van der Waals surface area contributed by atoms with E-state index in [-0.39, 0.29) is 11.5 Å². The van der Waals surface area contributed by atoms with Crippen LogP contribution in [0.25, 0.3) is 11.0 Å². The monoisotopic (exact) mass is 387 g/mol. The average molecular weight is 387 g/mol. The van der Waals surface area contributed by atoms with E-state index in [1.165, 1.54) is 11.1 Å². The van der Waals surface area contributed by atoms with E-state index in [2.05, 4.69) is 35.3 Å². The third-order valence-corrected chi connectivity index (χ3v) is 6.84. The van der Waals surface area contributed by atoms with Crippen molar-refractivity contribution in [3.8, 4) is 5.75 Å². The summed E-state index contributed by atoms with van der Waals surface area (Å²) >= 11 is 0. The number of carbonyl (C=O) groups excluding carboxylic acids is 1. The van der Waals surface area contributed by atoms with Crippen molar-refractivity contribution in [3.05, 3.63) is 52.8 Å². The number of aromatic nitrogens is 2. The number of nitrogens with zero attached hydrogens (tertiary/aromatic N) is 2. The summed E-state index contributed by atoms with van der Waals surface area (Å²) in [4.78, 5) is 22.8. The zero-order valence-electron chi connectivity index (χ0n) is 16.8. The molecule has 0 unspecified atom stereocenters. The van der Waals surface area contributed by atoms with Gasteiger partial charge in [0.1, 0.15) is 16.9 Å². The predicted molar refractivity (Wildman–Crippen MR) is 113 cm³/mol. The molecule has 0 bridgehead atoms. The number of H-pyrrole nitrogens is 1. The number of carbonyl (C=O) groups is 1. The number of imidazole rings is 1. The van der Waals surface area contributed by atoms with Gasteiger partial charge in [-0.15, -0.1) is 0 Å². The summed E-state index contributed by atoms with van der Waals surface area (Å²) in [6.07, 6.45) is 6.46. The van der Waals surface area contributed by atoms with Crippen LogP contribution in [0.15, 0.2) is 30.3 Å². The minimum Gasteiger partial charge on any atom is -0.484 e. The van der Waals surface area contributed by atoms with Crippen molar-refractivity contribution in [1.29, 1.82) is 0 Å². The lowest BCUT2D eigenvalue weighted by Crippen LogP contribution is -2.42. The number of piperidine rings is 1. The first-order valence-electron chi connectivity index (χ1n) is 10.7. The van der Waals surface area contributed by atoms with E-state index >= 15 is 0 Å². The SMILES string of the molecule is Cc1nc2c3c(c(N4CCCCC4=O)cc2[nH]1)CCC1(Cc2ccccc2C1)O3. The minimum absolute atomic E-state index is 0.193. The molecule has 6 rings (SSSR count). The van der Waals surface area contributed by atoms with Crippen LogP contribution >= 0.6 is 0 Å². The van der Waals surface area contributed by atoms with Gasteiger partial charge in [-0.05, 0) is 49.8 Å². The van der Waals surface area contributed by atoms with Crippen LogP contribution in [0, 0.1) is 6.92 Å². The van der Waals surface area contributed by atoms with Gasteiger partial charge in [-0.25, -0.2) is 4.98 Å². The van der Waals surface area contributed by atoms with E-state index in [4.69, 9.17) is 9.72 Å². The Morgan fingerprint density at radius 1 is 1.14 bits per heavy atom. The first kappa shape index (κ1) is 17.1. The Hall–Kier alpha value is -2.82. The molecule has 5 heteroatoms. The smallest absolute Gasteiger partial charge is 0.226 e. The van der Waals surface area contributed by atoms with Crippen LogP contribution in [0.3, 0.4) is 0 Å². The summed E-state index contributed by atoms with van der Waals surface area (Å²) in [6, 6.07) is 10.8. The number of nitrogens with one attached hydrogen (secondary N) is 1. The molecule has 1 aromatic heterocycles. The number of hydrogen-bond acceptors (Lipinski definition) is 3. The molecule has 1 spiro atoms. The fraction of sp³-hybridized carbons (Fsp3) is 0.417. The average Bonchev–Trinajstić information content (AvgIpc) is 3.27. The van der Waals surface area contributed by atoms with Crippen molar-refractivity contribution in [2.45, 2.75) is 57.5 Å². The minimum atomic E-state index is -0.193. The Bertz CT molecular complexity index is 1120. The van der Waals surface area contributed by atoms with Gasteiger partial charge >= 0.3 is 0 Å². The molecule has 0 atom stereocenters. The fourth-order valence-corrected chi connectivity index (χ4v) is 5.45. The van der Waals surface area contributed by atoms with Crippen molar-refractivity contribution in [1.82, 2.24) is 9.97 Å². The Morgan fingerprint density at radius 3 is 2.69 bits per heavy atom. The second-order valence-corrected chi connectivity index (χ2v) is 8.83. The summed E-state index contributed by atoms with van der Waals surface area (Å²) in [7, 11) is 0. The quantitative estimate of drug-likeness (QED) is 0.679. The summed E-state index contributed by atoms with van der Waals surface area (Å²) in [5, 5.41) is 0. The molecule has 0 radical (unpaired) electrons. The summed E-state index contributed by atoms with van der Waals surface area (Å²) in [5.74, 6) is 1.99. The number of aryl methyl sites for hydroxylation is 1. The molecule has 29 heavy (non-hydrogen) atoms. The molecule has 2 aromatic carbocycles. The molecule has 3 aromatic rings. The number of ether oxygens (including phenoxy) is 1. The maximum Gasteiger partial charge on any atom is 0.226 e. The van der Waals surface area contributed by atoms with Crippen LogP contribution in [-0.4, -0.2) is 28.0 Å². The van der Waals surface area contributed by atoms with Gasteiger partial charge in [-0.3, -0.25) is 4.79 Å². The summed E-state index contributed by atoms with van der Waals surface area (Å²) < 4.78 is 6.84. The van der Waals surface area contributed by atoms with Gasteiger partial charge in [0.05, 0.1) is 11.2 Å². The summed E-state index contributed by atoms with van der Waals surface area (Å²) in [6.45, 7) is 2.77. The molecule has 0 saturated carbocycles. The predicted octanol–water partition coefficient (Wildman–Crippen LogP) is 4.25. The van der Waals surface area contributed by atoms with Crippen LogP contribution in [0.5, 0.6) is 5.75 Å². The van der Waals surface area contributed by atoms with Crippen LogP contribution in [0.4, 0.5) is 5.69 Å². The van der Waals surface area contributed by atoms with Crippen molar-refractivity contribution < 1.29 is 9.53 Å². The first-order chi connectivity index (χ1) is 14.1. The topological polar surface area (TPSA) is 58.2 Å². The molecule has 1 N–H and O–H groups in total. The fourth-order valence-electron chi connectivity index (χ4n) is 5.45. The molecule has 148 valence electrons. The normalized spacial score (nSPS) is 20.0. The van der Waals surface area contributed by atoms with Gasteiger partial charge in [0.25, 0.3) is 0 Å². The van der Waals surface area contributed by atoms with Gasteiger partial charge in [-0.2, -0.15) is 0 Å². The largest absolute Gasteiger partial charge is 0.484 e. The van der Waals surface area contributed by atoms with Gasteiger partial charge in [0.2, 0.25) is 5.91 Å². The molecule has 1 amide bonds. The summed E-state index contributed by atoms with van der Waals surface area (Å²) in [5.41, 5.74) is 6.64. The lowest BCUT2D eigenvalue weighted by atomic mass is 9.87. The highest BCUT2D eigenvalue weighted by Crippen LogP contribution is 2.48. The highest BCUT2D eigenvalue weighted by atomic mass is 16.5. The number of benzene rings is 2. The zero-order valence-corrected chi connectivity index (χ0v) is 16.8. The number of hydrogen-bond donors (Lipinski definition) is 1. The first-order valence-corrected chi connectivity index (χ1v) is 10.7. The second-order valence-electron chi connectivity index (χ2n) is 8.83. The number of fused-ring (bicyclic) bond motifs is 4. The van der Waals surface area contributed by atoms with Crippen molar-refractivity contribution in [2.24, 2.45) is 0 Å². The van der Waals surface area contributed by atoms with Gasteiger partial charge in [0.15, 0.2) is 5.75 Å². The highest BCUT2D eigenvalue weighted by molar-refractivity contribution is 5.99. The Morgan fingerprint density at radius 2 is 1.93 bits per heavy atom. The van der Waals surface area contributed by atoms with Crippen molar-refractivity contribution >= 4 is 22.6 Å². The van der Waals surface area contributed by atoms with Crippen LogP contribution in [0.1, 0.15) is 48.2 Å². The standard InChI is InChI=1S/C24H25N3O2/c1-15-25-19-12-20(27-11-5-4-8-21(27)28)18-9-10-24(29-23(18)22(19)26-15)13-16-6-2-3-7-17(16)14-24/h2-3,6-7,12H,4-5,8-11,13-14H2,1H3,(H,25,26). The number of aromatic amines is 1. The number of anilines is 1. The lowest BCUT2D eigenvalue weighted by Gasteiger charge is -2.38. The molecule has 1 fully saturated rings. The third-order valence-electron chi connectivity index (χ3n) is 6.84. The van der Waals surface area contributed by atoms with E-state index in [1.807, 2.05) is 11.8 Å². The van der Waals surface area contributed by atoms with E-state index in [0.717, 1.165) is 78.9 Å². The third kappa shape index (κ3) is 2.60. The lowest BCUT2D eigenvalue weighted by molar-refractivity contribution is -0.119. The van der Waals surface area contributed by atoms with Crippen LogP contribution in [0.2, 0.25) is 0 Å². The van der Waals surface area contributed by atoms with E-state index in [1.54, 1.807) is 0 Å². The maximum absolute atomic E-state index is 12.7. The molecule has 3 aliphatic rings. The van der Waals surface area contributed by atoms with Crippen molar-refractivity contribution in [2.75, 3.05) is 11.4 Å². The Balaban J connectivity index is 1.48. The number of amides is 1. The van der Waals surface area contributed by atoms with Gasteiger partial charge in [-0.1, -0.05) is 24.3 Å². The highest BCUT2D eigenvalue weighted by Gasteiger charge is 2.43. The Labute approximate surface area is 170 Å². The van der Waals surface area contributed by atoms with Crippen molar-refractivity contribution in [3.63, 3.8) is 0 Å². The molecule has 1 aliphatic carbocycles. The van der Waals surface area contributed by atoms with Crippen LogP contribution in [-0.2, 0) is 24.1 Å². The van der Waals surface area contributed by atoms with Gasteiger partial charge in [0, 0.05) is 31.4 Å². The van der Waals surface area contributed by atoms with E-state index in [0.29, 0.717) is 6.42 Å². The maximum atomic E-state index is 12.7. The second kappa shape index (κ2) is 6.09. The Kier molecular flexibility index (Phi) is 3.58. The number of rotatable bonds is 1. The zero-order chi connectivity index (χ0) is 19.6. The molecular weight excluding hydrogens is 362 g/mol. The molecule has 1 saturated heterocycles.